The number of amides is 1. The van der Waals surface area contributed by atoms with Crippen LogP contribution in [0.15, 0.2) is 24.3 Å². The number of nitrogens with zero attached hydrogens (tertiary/aromatic N) is 2. The van der Waals surface area contributed by atoms with Gasteiger partial charge in [-0.05, 0) is 37.8 Å². The van der Waals surface area contributed by atoms with Gasteiger partial charge in [-0.15, -0.1) is 0 Å². The van der Waals surface area contributed by atoms with Gasteiger partial charge in [-0.1, -0.05) is 18.2 Å². The molecule has 1 amide bonds. The van der Waals surface area contributed by atoms with Crippen LogP contribution in [-0.4, -0.2) is 74.4 Å². The van der Waals surface area contributed by atoms with Gasteiger partial charge in [-0.2, -0.15) is 8.42 Å². The zero-order valence-electron chi connectivity index (χ0n) is 19.3. The highest BCUT2D eigenvalue weighted by Crippen LogP contribution is 2.61. The minimum atomic E-state index is -4.37. The van der Waals surface area contributed by atoms with Crippen LogP contribution in [0, 0.1) is 5.92 Å². The highest BCUT2D eigenvalue weighted by molar-refractivity contribution is 7.82. The molecule has 1 saturated carbocycles. The van der Waals surface area contributed by atoms with Gasteiger partial charge in [0.1, 0.15) is 17.1 Å². The molecule has 4 aliphatic heterocycles. The molecular weight excluding hydrogens is 480 g/mol. The average Bonchev–Trinajstić information content (AvgIpc) is 3.22. The Morgan fingerprint density at radius 3 is 2.54 bits per heavy atom. The molecule has 1 aromatic carbocycles. The Kier molecular flexibility index (Phi) is 4.53. The Balaban J connectivity index is 1.75. The lowest BCUT2D eigenvalue weighted by atomic mass is 9.53. The fourth-order valence-electron chi connectivity index (χ4n) is 7.04. The van der Waals surface area contributed by atoms with E-state index in [0.717, 1.165) is 5.39 Å². The first-order chi connectivity index (χ1) is 16.6. The molecule has 1 spiro atoms. The van der Waals surface area contributed by atoms with Gasteiger partial charge in [0.2, 0.25) is 5.91 Å². The maximum atomic E-state index is 13.9. The van der Waals surface area contributed by atoms with E-state index in [1.54, 1.807) is 19.1 Å². The predicted molar refractivity (Wildman–Crippen MR) is 119 cm³/mol. The number of piperidine rings is 2. The highest BCUT2D eigenvalue weighted by Gasteiger charge is 2.76. The van der Waals surface area contributed by atoms with E-state index in [1.165, 1.54) is 23.7 Å². The number of para-hydroxylation sites is 1. The molecule has 3 saturated heterocycles. The number of rotatable bonds is 1. The fraction of sp³-hybridized carbons (Fsp3) is 0.522. The van der Waals surface area contributed by atoms with Crippen LogP contribution < -0.4 is 0 Å². The van der Waals surface area contributed by atoms with Crippen molar-refractivity contribution < 1.29 is 40.6 Å². The number of methoxy groups -OCH3 is 2. The van der Waals surface area contributed by atoms with Crippen molar-refractivity contribution in [1.82, 2.24) is 9.47 Å². The molecule has 186 valence electrons. The summed E-state index contributed by atoms with van der Waals surface area (Å²) < 4.78 is 47.6. The van der Waals surface area contributed by atoms with Crippen molar-refractivity contribution in [2.24, 2.45) is 5.92 Å². The Bertz CT molecular complexity index is 1420. The molecule has 5 aliphatic rings. The quantitative estimate of drug-likeness (QED) is 0.527. The summed E-state index contributed by atoms with van der Waals surface area (Å²) in [6.07, 6.45) is -1.23. The van der Waals surface area contributed by atoms with E-state index in [2.05, 4.69) is 0 Å². The van der Waals surface area contributed by atoms with Crippen LogP contribution in [0.2, 0.25) is 0 Å². The molecule has 5 heterocycles. The summed E-state index contributed by atoms with van der Waals surface area (Å²) in [5.41, 5.74) is -1.51. The average molecular weight is 505 g/mol. The normalized spacial score (nSPS) is 34.7. The summed E-state index contributed by atoms with van der Waals surface area (Å²) in [5.74, 6) is -1.60. The predicted octanol–water partition coefficient (Wildman–Crippen LogP) is 1.26. The number of hydrogen-bond donors (Lipinski definition) is 0. The number of ether oxygens (including phenoxy) is 2. The number of benzene rings is 1. The molecule has 7 rings (SSSR count). The van der Waals surface area contributed by atoms with Gasteiger partial charge in [0.15, 0.2) is 0 Å². The Labute approximate surface area is 201 Å². The topological polar surface area (TPSA) is 130 Å². The van der Waals surface area contributed by atoms with Gasteiger partial charge in [0.25, 0.3) is 0 Å². The van der Waals surface area contributed by atoms with Crippen LogP contribution in [0.5, 0.6) is 0 Å². The van der Waals surface area contributed by atoms with Gasteiger partial charge >= 0.3 is 22.5 Å². The Morgan fingerprint density at radius 1 is 1.14 bits per heavy atom. The highest BCUT2D eigenvalue weighted by atomic mass is 32.3. The molecule has 12 heteroatoms. The first-order valence-electron chi connectivity index (χ1n) is 11.3. The number of carbonyl (C=O) groups excluding carboxylic acids is 3. The van der Waals surface area contributed by atoms with E-state index in [-0.39, 0.29) is 25.3 Å². The van der Waals surface area contributed by atoms with E-state index in [9.17, 15) is 22.8 Å². The molecule has 1 aliphatic carbocycles. The third-order valence-electron chi connectivity index (χ3n) is 8.13. The summed E-state index contributed by atoms with van der Waals surface area (Å²) in [7, 11) is -1.88. The lowest BCUT2D eigenvalue weighted by molar-refractivity contribution is -0.195. The lowest BCUT2D eigenvalue weighted by Gasteiger charge is -2.60. The van der Waals surface area contributed by atoms with E-state index in [1.807, 2.05) is 12.1 Å². The van der Waals surface area contributed by atoms with Crippen LogP contribution in [-0.2, 0) is 49.7 Å². The van der Waals surface area contributed by atoms with Crippen molar-refractivity contribution >= 4 is 39.3 Å². The summed E-state index contributed by atoms with van der Waals surface area (Å²) >= 11 is 0. The number of carbonyl (C=O) groups is 3. The van der Waals surface area contributed by atoms with Crippen molar-refractivity contribution in [3.05, 3.63) is 35.5 Å². The van der Waals surface area contributed by atoms with Gasteiger partial charge in [-0.25, -0.2) is 17.7 Å². The van der Waals surface area contributed by atoms with Gasteiger partial charge in [0, 0.05) is 17.8 Å². The van der Waals surface area contributed by atoms with Crippen molar-refractivity contribution in [3.63, 3.8) is 0 Å². The van der Waals surface area contributed by atoms with Gasteiger partial charge in [0.05, 0.1) is 31.5 Å². The molecule has 5 unspecified atom stereocenters. The van der Waals surface area contributed by atoms with Gasteiger partial charge in [-0.3, -0.25) is 9.59 Å². The summed E-state index contributed by atoms with van der Waals surface area (Å²) in [5, 5.41) is 0.742. The number of fused-ring (bicyclic) bond motifs is 3. The summed E-state index contributed by atoms with van der Waals surface area (Å²) in [4.78, 5) is 42.1. The smallest absolute Gasteiger partial charge is 0.418 e. The second-order valence-corrected chi connectivity index (χ2v) is 10.8. The van der Waals surface area contributed by atoms with E-state index >= 15 is 0 Å². The molecule has 0 radical (unpaired) electrons. The Hall–Kier alpha value is -2.96. The third kappa shape index (κ3) is 2.62. The minimum Gasteiger partial charge on any atom is -0.468 e. The van der Waals surface area contributed by atoms with E-state index < -0.39 is 51.5 Å². The summed E-state index contributed by atoms with van der Waals surface area (Å²) in [6.45, 7) is 1.77. The molecular formula is C23H24N2O9S. The molecule has 11 nitrogen and oxygen atoms in total. The third-order valence-corrected chi connectivity index (χ3v) is 9.17. The molecule has 4 bridgehead atoms. The SMILES string of the molecule is COC(=O)n1c2c(c3ccccc31)CCN1C(=O)C3CC2(C(=O)OC)C1C1(C3)OS(=O)(=O)OC1C. The van der Waals surface area contributed by atoms with Crippen LogP contribution in [0.25, 0.3) is 10.9 Å². The lowest BCUT2D eigenvalue weighted by Crippen LogP contribution is -2.77. The summed E-state index contributed by atoms with van der Waals surface area (Å²) in [6, 6.07) is 6.13. The van der Waals surface area contributed by atoms with E-state index in [0.29, 0.717) is 23.2 Å². The molecule has 5 atom stereocenters. The second-order valence-electron chi connectivity index (χ2n) is 9.59. The maximum absolute atomic E-state index is 13.9. The van der Waals surface area contributed by atoms with Crippen LogP contribution in [0.3, 0.4) is 0 Å². The molecule has 4 fully saturated rings. The molecule has 35 heavy (non-hydrogen) atoms. The van der Waals surface area contributed by atoms with Crippen molar-refractivity contribution in [3.8, 4) is 0 Å². The van der Waals surface area contributed by atoms with Crippen molar-refractivity contribution in [1.29, 1.82) is 0 Å². The van der Waals surface area contributed by atoms with Crippen LogP contribution in [0.1, 0.15) is 31.0 Å². The molecule has 0 N–H and O–H groups in total. The van der Waals surface area contributed by atoms with Crippen molar-refractivity contribution in [2.45, 2.75) is 49.3 Å². The number of esters is 1. The zero-order valence-corrected chi connectivity index (χ0v) is 20.2. The first kappa shape index (κ1) is 22.5. The number of aromatic nitrogens is 1. The molecule has 1 aromatic heterocycles. The monoisotopic (exact) mass is 504 g/mol. The zero-order chi connectivity index (χ0) is 24.9. The van der Waals surface area contributed by atoms with Crippen molar-refractivity contribution in [2.75, 3.05) is 20.8 Å². The van der Waals surface area contributed by atoms with Crippen LogP contribution in [0.4, 0.5) is 4.79 Å². The van der Waals surface area contributed by atoms with E-state index in [4.69, 9.17) is 17.8 Å². The van der Waals surface area contributed by atoms with Crippen LogP contribution >= 0.6 is 0 Å². The molecule has 2 aromatic rings. The fourth-order valence-corrected chi connectivity index (χ4v) is 8.27. The Morgan fingerprint density at radius 2 is 1.89 bits per heavy atom. The van der Waals surface area contributed by atoms with Gasteiger partial charge < -0.3 is 14.4 Å². The first-order valence-corrected chi connectivity index (χ1v) is 12.7. The second kappa shape index (κ2) is 7.05. The standard InChI is InChI=1S/C23H24N2O9S/c1-12-23(34-35(29,30)33-12)11-13-10-22(20(27)31-2)17-15(8-9-24(18(13)26)19(22)23)14-6-4-5-7-16(14)25(17)21(28)32-3/h4-7,12-13,19H,8-11H2,1-3H3. The number of hydrogen-bond acceptors (Lipinski definition) is 9. The maximum Gasteiger partial charge on any atom is 0.418 e. The largest absolute Gasteiger partial charge is 0.468 e. The minimum absolute atomic E-state index is 0.0396.